The van der Waals surface area contributed by atoms with Crippen molar-refractivity contribution in [1.82, 2.24) is 9.97 Å². The smallest absolute Gasteiger partial charge is 0.225 e. The molecule has 4 nitrogen and oxygen atoms in total. The number of aromatic nitrogens is 2. The molecule has 1 heterocycles. The molecule has 2 aromatic carbocycles. The molecule has 0 aliphatic heterocycles. The largest absolute Gasteiger partial charge is 0.370 e. The number of fused-ring (bicyclic) bond motifs is 1. The van der Waals surface area contributed by atoms with Crippen molar-refractivity contribution in [3.8, 4) is 0 Å². The molecular formula is C17H17FN4. The lowest BCUT2D eigenvalue weighted by molar-refractivity contribution is 0.627. The third-order valence-corrected chi connectivity index (χ3v) is 3.31. The SMILES string of the molecule is CCNc1nc(NCc2ccc(F)cc2)nc2ccccc12. The normalized spacial score (nSPS) is 10.6. The highest BCUT2D eigenvalue weighted by Crippen LogP contribution is 2.21. The van der Waals surface area contributed by atoms with E-state index in [9.17, 15) is 4.39 Å². The van der Waals surface area contributed by atoms with Gasteiger partial charge in [-0.1, -0.05) is 24.3 Å². The zero-order valence-corrected chi connectivity index (χ0v) is 12.3. The second-order valence-electron chi connectivity index (χ2n) is 4.92. The first-order valence-corrected chi connectivity index (χ1v) is 7.25. The van der Waals surface area contributed by atoms with E-state index in [0.29, 0.717) is 12.5 Å². The average Bonchev–Trinajstić information content (AvgIpc) is 2.55. The second kappa shape index (κ2) is 6.39. The molecule has 0 aliphatic carbocycles. The average molecular weight is 296 g/mol. The molecule has 3 aromatic rings. The number of nitrogens with zero attached hydrogens (tertiary/aromatic N) is 2. The molecule has 5 heteroatoms. The third kappa shape index (κ3) is 3.14. The maximum Gasteiger partial charge on any atom is 0.225 e. The predicted octanol–water partition coefficient (Wildman–Crippen LogP) is 3.81. The molecule has 0 radical (unpaired) electrons. The van der Waals surface area contributed by atoms with Gasteiger partial charge in [0.1, 0.15) is 11.6 Å². The van der Waals surface area contributed by atoms with Gasteiger partial charge < -0.3 is 10.6 Å². The van der Waals surface area contributed by atoms with E-state index in [2.05, 4.69) is 20.6 Å². The van der Waals surface area contributed by atoms with E-state index in [1.54, 1.807) is 12.1 Å². The second-order valence-corrected chi connectivity index (χ2v) is 4.92. The summed E-state index contributed by atoms with van der Waals surface area (Å²) in [6, 6.07) is 14.3. The first kappa shape index (κ1) is 14.3. The quantitative estimate of drug-likeness (QED) is 0.751. The number of para-hydroxylation sites is 1. The maximum atomic E-state index is 12.9. The van der Waals surface area contributed by atoms with Crippen molar-refractivity contribution in [3.05, 3.63) is 59.9 Å². The Morgan fingerprint density at radius 2 is 1.73 bits per heavy atom. The third-order valence-electron chi connectivity index (χ3n) is 3.31. The van der Waals surface area contributed by atoms with Gasteiger partial charge in [0.15, 0.2) is 0 Å². The molecule has 3 rings (SSSR count). The van der Waals surface area contributed by atoms with Crippen LogP contribution in [-0.4, -0.2) is 16.5 Å². The van der Waals surface area contributed by atoms with Crippen LogP contribution < -0.4 is 10.6 Å². The van der Waals surface area contributed by atoms with Crippen LogP contribution in [0.5, 0.6) is 0 Å². The molecule has 112 valence electrons. The van der Waals surface area contributed by atoms with Crippen LogP contribution in [-0.2, 0) is 6.54 Å². The van der Waals surface area contributed by atoms with Crippen LogP contribution in [0.25, 0.3) is 10.9 Å². The minimum absolute atomic E-state index is 0.236. The van der Waals surface area contributed by atoms with E-state index in [1.165, 1.54) is 12.1 Å². The Kier molecular flexibility index (Phi) is 4.14. The van der Waals surface area contributed by atoms with Gasteiger partial charge >= 0.3 is 0 Å². The van der Waals surface area contributed by atoms with Crippen molar-refractivity contribution < 1.29 is 4.39 Å². The van der Waals surface area contributed by atoms with Gasteiger partial charge in [-0.3, -0.25) is 0 Å². The molecule has 0 aliphatic rings. The van der Waals surface area contributed by atoms with Gasteiger partial charge in [-0.15, -0.1) is 0 Å². The Morgan fingerprint density at radius 3 is 2.50 bits per heavy atom. The molecule has 2 N–H and O–H groups in total. The summed E-state index contributed by atoms with van der Waals surface area (Å²) in [5.41, 5.74) is 1.86. The van der Waals surface area contributed by atoms with Gasteiger partial charge in [-0.2, -0.15) is 4.98 Å². The Hall–Kier alpha value is -2.69. The molecular weight excluding hydrogens is 279 g/mol. The number of anilines is 2. The van der Waals surface area contributed by atoms with Gasteiger partial charge in [0.2, 0.25) is 5.95 Å². The Labute approximate surface area is 128 Å². The molecule has 0 saturated heterocycles. The van der Waals surface area contributed by atoms with Crippen LogP contribution in [0.4, 0.5) is 16.2 Å². The van der Waals surface area contributed by atoms with Crippen molar-refractivity contribution in [2.45, 2.75) is 13.5 Å². The van der Waals surface area contributed by atoms with Crippen LogP contribution in [0.2, 0.25) is 0 Å². The van der Waals surface area contributed by atoms with Crippen LogP contribution in [0.3, 0.4) is 0 Å². The summed E-state index contributed by atoms with van der Waals surface area (Å²) in [6.45, 7) is 3.37. The van der Waals surface area contributed by atoms with Crippen molar-refractivity contribution >= 4 is 22.7 Å². The summed E-state index contributed by atoms with van der Waals surface area (Å²) >= 11 is 0. The number of rotatable bonds is 5. The lowest BCUT2D eigenvalue weighted by Gasteiger charge is -2.10. The molecule has 0 fully saturated rings. The molecule has 0 bridgehead atoms. The van der Waals surface area contributed by atoms with Crippen LogP contribution in [0.15, 0.2) is 48.5 Å². The predicted molar refractivity (Wildman–Crippen MR) is 87.4 cm³/mol. The molecule has 0 spiro atoms. The summed E-state index contributed by atoms with van der Waals surface area (Å²) in [5.74, 6) is 1.13. The number of halogens is 1. The Balaban J connectivity index is 1.85. The summed E-state index contributed by atoms with van der Waals surface area (Å²) < 4.78 is 12.9. The van der Waals surface area contributed by atoms with E-state index >= 15 is 0 Å². The van der Waals surface area contributed by atoms with Gasteiger partial charge in [0.05, 0.1) is 5.52 Å². The highest BCUT2D eigenvalue weighted by molar-refractivity contribution is 5.89. The lowest BCUT2D eigenvalue weighted by atomic mass is 10.2. The molecule has 0 amide bonds. The summed E-state index contributed by atoms with van der Waals surface area (Å²) in [4.78, 5) is 9.03. The van der Waals surface area contributed by atoms with Crippen molar-refractivity contribution in [1.29, 1.82) is 0 Å². The van der Waals surface area contributed by atoms with Gasteiger partial charge in [0, 0.05) is 18.5 Å². The Morgan fingerprint density at radius 1 is 0.955 bits per heavy atom. The van der Waals surface area contributed by atoms with Gasteiger partial charge in [-0.25, -0.2) is 9.37 Å². The first-order chi connectivity index (χ1) is 10.8. The minimum Gasteiger partial charge on any atom is -0.370 e. The number of hydrogen-bond acceptors (Lipinski definition) is 4. The zero-order chi connectivity index (χ0) is 15.4. The van der Waals surface area contributed by atoms with Crippen LogP contribution in [0.1, 0.15) is 12.5 Å². The van der Waals surface area contributed by atoms with Crippen molar-refractivity contribution in [3.63, 3.8) is 0 Å². The van der Waals surface area contributed by atoms with E-state index in [4.69, 9.17) is 0 Å². The summed E-state index contributed by atoms with van der Waals surface area (Å²) in [6.07, 6.45) is 0. The molecule has 0 atom stereocenters. The topological polar surface area (TPSA) is 49.8 Å². The van der Waals surface area contributed by atoms with Crippen molar-refractivity contribution in [2.24, 2.45) is 0 Å². The fourth-order valence-electron chi connectivity index (χ4n) is 2.24. The fourth-order valence-corrected chi connectivity index (χ4v) is 2.24. The summed E-state index contributed by atoms with van der Waals surface area (Å²) in [5, 5.41) is 7.44. The number of benzene rings is 2. The number of nitrogens with one attached hydrogen (secondary N) is 2. The van der Waals surface area contributed by atoms with Crippen LogP contribution >= 0.6 is 0 Å². The molecule has 22 heavy (non-hydrogen) atoms. The first-order valence-electron chi connectivity index (χ1n) is 7.25. The number of hydrogen-bond donors (Lipinski definition) is 2. The van der Waals surface area contributed by atoms with Crippen LogP contribution in [0, 0.1) is 5.82 Å². The molecule has 1 aromatic heterocycles. The monoisotopic (exact) mass is 296 g/mol. The standard InChI is InChI=1S/C17H17FN4/c1-2-19-16-14-5-3-4-6-15(14)21-17(22-16)20-11-12-7-9-13(18)10-8-12/h3-10H,2,11H2,1H3,(H2,19,20,21,22). The summed E-state index contributed by atoms with van der Waals surface area (Å²) in [7, 11) is 0. The highest BCUT2D eigenvalue weighted by Gasteiger charge is 2.06. The van der Waals surface area contributed by atoms with Crippen molar-refractivity contribution in [2.75, 3.05) is 17.2 Å². The van der Waals surface area contributed by atoms with Gasteiger partial charge in [-0.05, 0) is 36.8 Å². The molecule has 0 unspecified atom stereocenters. The highest BCUT2D eigenvalue weighted by atomic mass is 19.1. The Bertz CT molecular complexity index is 771. The zero-order valence-electron chi connectivity index (χ0n) is 12.3. The van der Waals surface area contributed by atoms with E-state index in [0.717, 1.165) is 28.8 Å². The maximum absolute atomic E-state index is 12.9. The van der Waals surface area contributed by atoms with E-state index in [-0.39, 0.29) is 5.82 Å². The van der Waals surface area contributed by atoms with Gasteiger partial charge in [0.25, 0.3) is 0 Å². The lowest BCUT2D eigenvalue weighted by Crippen LogP contribution is -2.07. The minimum atomic E-state index is -0.236. The van der Waals surface area contributed by atoms with E-state index < -0.39 is 0 Å². The molecule has 0 saturated carbocycles. The van der Waals surface area contributed by atoms with E-state index in [1.807, 2.05) is 31.2 Å². The fraction of sp³-hybridized carbons (Fsp3) is 0.176.